The van der Waals surface area contributed by atoms with Crippen molar-refractivity contribution < 1.29 is 13.2 Å². The molecule has 2 aromatic heterocycles. The van der Waals surface area contributed by atoms with Crippen LogP contribution in [-0.2, 0) is 16.6 Å². The lowest BCUT2D eigenvalue weighted by atomic mass is 10.2. The summed E-state index contributed by atoms with van der Waals surface area (Å²) in [4.78, 5) is 12.4. The number of nitrogens with two attached hydrogens (primary N) is 1. The fourth-order valence-electron chi connectivity index (χ4n) is 2.24. The molecule has 0 aliphatic carbocycles. The number of fused-ring (bicyclic) bond motifs is 1. The minimum Gasteiger partial charge on any atom is -0.398 e. The van der Waals surface area contributed by atoms with E-state index in [1.165, 1.54) is 15.4 Å². The van der Waals surface area contributed by atoms with E-state index in [1.54, 1.807) is 30.5 Å². The summed E-state index contributed by atoms with van der Waals surface area (Å²) in [6.07, 6.45) is 3.99. The second-order valence-electron chi connectivity index (χ2n) is 5.04. The van der Waals surface area contributed by atoms with Gasteiger partial charge in [0.1, 0.15) is 6.54 Å². The average Bonchev–Trinajstić information content (AvgIpc) is 3.04. The van der Waals surface area contributed by atoms with Crippen molar-refractivity contribution in [2.45, 2.75) is 6.54 Å². The molecule has 3 N–H and O–H groups in total. The lowest BCUT2D eigenvalue weighted by molar-refractivity contribution is 0.0891. The normalized spacial score (nSPS) is 11.7. The van der Waals surface area contributed by atoms with Crippen LogP contribution in [0.1, 0.15) is 4.79 Å². The number of anilines is 2. The third kappa shape index (κ3) is 3.16. The maximum Gasteiger partial charge on any atom is 0.252 e. The number of rotatable bonds is 4. The van der Waals surface area contributed by atoms with E-state index in [1.807, 2.05) is 0 Å². The van der Waals surface area contributed by atoms with E-state index >= 15 is 0 Å². The largest absolute Gasteiger partial charge is 0.398 e. The Balaban J connectivity index is 1.83. The molecule has 0 fully saturated rings. The van der Waals surface area contributed by atoms with E-state index < -0.39 is 10.0 Å². The van der Waals surface area contributed by atoms with Crippen molar-refractivity contribution in [3.63, 3.8) is 0 Å². The van der Waals surface area contributed by atoms with Gasteiger partial charge in [0.05, 0.1) is 18.0 Å². The molecule has 0 spiro atoms. The third-order valence-corrected chi connectivity index (χ3v) is 3.74. The van der Waals surface area contributed by atoms with E-state index in [9.17, 15) is 13.2 Å². The molecular formula is C13H14N6O3S. The quantitative estimate of drug-likeness (QED) is 0.670. The van der Waals surface area contributed by atoms with Gasteiger partial charge in [-0.2, -0.15) is 0 Å². The maximum absolute atomic E-state index is 12.4. The first-order valence-electron chi connectivity index (χ1n) is 6.60. The van der Waals surface area contributed by atoms with E-state index in [0.29, 0.717) is 11.2 Å². The van der Waals surface area contributed by atoms with Crippen molar-refractivity contribution in [3.8, 4) is 0 Å². The number of carbonyl (C=O) groups is 1. The van der Waals surface area contributed by atoms with Gasteiger partial charge in [0.25, 0.3) is 5.91 Å². The number of nitrogens with zero attached hydrogens (tertiary/aromatic N) is 4. The van der Waals surface area contributed by atoms with Crippen molar-refractivity contribution in [2.75, 3.05) is 16.7 Å². The van der Waals surface area contributed by atoms with Gasteiger partial charge in [0.2, 0.25) is 10.0 Å². The maximum atomic E-state index is 12.4. The first kappa shape index (κ1) is 15.0. The Hall–Kier alpha value is -2.88. The van der Waals surface area contributed by atoms with Gasteiger partial charge in [-0.05, 0) is 18.2 Å². The van der Waals surface area contributed by atoms with Gasteiger partial charge < -0.3 is 5.73 Å². The van der Waals surface area contributed by atoms with Crippen LogP contribution in [0.15, 0.2) is 36.7 Å². The predicted molar refractivity (Wildman–Crippen MR) is 85.5 cm³/mol. The van der Waals surface area contributed by atoms with Gasteiger partial charge in [-0.25, -0.2) is 13.1 Å². The monoisotopic (exact) mass is 334 g/mol. The van der Waals surface area contributed by atoms with Crippen LogP contribution in [0.5, 0.6) is 0 Å². The number of nitrogen functional groups attached to an aromatic ring is 1. The molecule has 1 aromatic carbocycles. The molecule has 0 amide bonds. The molecule has 0 saturated carbocycles. The van der Waals surface area contributed by atoms with Crippen LogP contribution in [0.2, 0.25) is 0 Å². The summed E-state index contributed by atoms with van der Waals surface area (Å²) in [5.41, 5.74) is 7.16. The van der Waals surface area contributed by atoms with E-state index in [-0.39, 0.29) is 18.3 Å². The summed E-state index contributed by atoms with van der Waals surface area (Å²) in [5, 5.41) is 8.17. The summed E-state index contributed by atoms with van der Waals surface area (Å²) >= 11 is 0. The van der Waals surface area contributed by atoms with Crippen LogP contribution in [0.4, 0.5) is 11.5 Å². The molecule has 0 saturated heterocycles. The number of carbonyl (C=O) groups excluding carboxylic acids is 1. The van der Waals surface area contributed by atoms with Gasteiger partial charge in [-0.3, -0.25) is 14.1 Å². The van der Waals surface area contributed by atoms with E-state index in [0.717, 1.165) is 11.6 Å². The molecule has 0 bridgehead atoms. The number of hydrogen-bond acceptors (Lipinski definition) is 6. The van der Waals surface area contributed by atoms with Crippen molar-refractivity contribution in [1.29, 1.82) is 0 Å². The highest BCUT2D eigenvalue weighted by molar-refractivity contribution is 7.92. The van der Waals surface area contributed by atoms with Gasteiger partial charge in [-0.15, -0.1) is 5.10 Å². The van der Waals surface area contributed by atoms with E-state index in [4.69, 9.17) is 5.73 Å². The third-order valence-electron chi connectivity index (χ3n) is 3.16. The number of nitrogens with one attached hydrogen (secondary N) is 1. The fraction of sp³-hybridized carbons (Fsp3) is 0.154. The van der Waals surface area contributed by atoms with Crippen LogP contribution in [0, 0.1) is 0 Å². The smallest absolute Gasteiger partial charge is 0.252 e. The predicted octanol–water partition coefficient (Wildman–Crippen LogP) is 0.527. The second kappa shape index (κ2) is 5.39. The minimum atomic E-state index is -3.44. The average molecular weight is 334 g/mol. The Morgan fingerprint density at radius 2 is 2.13 bits per heavy atom. The first-order valence-corrected chi connectivity index (χ1v) is 8.49. The van der Waals surface area contributed by atoms with Crippen molar-refractivity contribution in [1.82, 2.24) is 19.6 Å². The molecule has 3 aromatic rings. The Labute approximate surface area is 131 Å². The Kier molecular flexibility index (Phi) is 3.52. The highest BCUT2D eigenvalue weighted by Gasteiger charge is 2.13. The van der Waals surface area contributed by atoms with E-state index in [2.05, 4.69) is 15.0 Å². The molecule has 0 aliphatic heterocycles. The number of sulfonamides is 1. The number of benzene rings is 1. The summed E-state index contributed by atoms with van der Waals surface area (Å²) in [5.74, 6) is -0.191. The van der Waals surface area contributed by atoms with Gasteiger partial charge in [-0.1, -0.05) is 11.3 Å². The van der Waals surface area contributed by atoms with Crippen LogP contribution < -0.4 is 10.5 Å². The molecule has 0 unspecified atom stereocenters. The summed E-state index contributed by atoms with van der Waals surface area (Å²) in [7, 11) is -3.44. The molecule has 10 heteroatoms. The zero-order chi connectivity index (χ0) is 16.6. The van der Waals surface area contributed by atoms with Crippen molar-refractivity contribution >= 4 is 38.3 Å². The van der Waals surface area contributed by atoms with Gasteiger partial charge >= 0.3 is 0 Å². The van der Waals surface area contributed by atoms with Crippen molar-refractivity contribution in [2.24, 2.45) is 0 Å². The molecule has 23 heavy (non-hydrogen) atoms. The topological polar surface area (TPSA) is 125 Å². The fourth-order valence-corrected chi connectivity index (χ4v) is 2.71. The van der Waals surface area contributed by atoms with Crippen molar-refractivity contribution in [3.05, 3.63) is 36.7 Å². The second-order valence-corrected chi connectivity index (χ2v) is 6.78. The highest BCUT2D eigenvalue weighted by Crippen LogP contribution is 2.21. The number of aromatic nitrogens is 4. The molecule has 0 radical (unpaired) electrons. The standard InChI is InChI=1S/C13H14N6O3S/c1-23(21,22)16-12-7-18(17-15-12)8-13(20)19-6-5-9-10(14)3-2-4-11(9)19/h2-7,16H,8,14H2,1H3. The SMILES string of the molecule is CS(=O)(=O)Nc1cn(CC(=O)n2ccc3c(N)cccc32)nn1. The lowest BCUT2D eigenvalue weighted by Crippen LogP contribution is -2.17. The van der Waals surface area contributed by atoms with Gasteiger partial charge in [0.15, 0.2) is 5.82 Å². The Morgan fingerprint density at radius 3 is 2.87 bits per heavy atom. The number of hydrogen-bond donors (Lipinski definition) is 2. The van der Waals surface area contributed by atoms with Gasteiger partial charge in [0, 0.05) is 17.3 Å². The molecule has 0 aliphatic rings. The summed E-state index contributed by atoms with van der Waals surface area (Å²) in [6.45, 7) is -0.0863. The zero-order valence-corrected chi connectivity index (χ0v) is 13.0. The van der Waals surface area contributed by atoms with Crippen LogP contribution in [-0.4, -0.2) is 40.1 Å². The molecule has 9 nitrogen and oxygen atoms in total. The van der Waals surface area contributed by atoms with Crippen LogP contribution >= 0.6 is 0 Å². The first-order chi connectivity index (χ1) is 10.8. The lowest BCUT2D eigenvalue weighted by Gasteiger charge is -2.04. The summed E-state index contributed by atoms with van der Waals surface area (Å²) in [6, 6.07) is 7.09. The molecule has 0 atom stereocenters. The Morgan fingerprint density at radius 1 is 1.35 bits per heavy atom. The zero-order valence-electron chi connectivity index (χ0n) is 12.2. The molecule has 2 heterocycles. The Bertz CT molecular complexity index is 988. The molecule has 3 rings (SSSR count). The summed E-state index contributed by atoms with van der Waals surface area (Å²) < 4.78 is 27.2. The highest BCUT2D eigenvalue weighted by atomic mass is 32.2. The van der Waals surface area contributed by atoms with Crippen LogP contribution in [0.3, 0.4) is 0 Å². The van der Waals surface area contributed by atoms with Crippen LogP contribution in [0.25, 0.3) is 10.9 Å². The molecular weight excluding hydrogens is 320 g/mol. The molecule has 120 valence electrons. The minimum absolute atomic E-state index is 0.0573.